The SMILES string of the molecule is CCC1(C)CC2(CCO1)CC(=O)NC(=O)C2. The van der Waals surface area contributed by atoms with Crippen molar-refractivity contribution in [2.45, 2.75) is 51.6 Å². The quantitative estimate of drug-likeness (QED) is 0.686. The van der Waals surface area contributed by atoms with Crippen LogP contribution in [0.15, 0.2) is 0 Å². The minimum absolute atomic E-state index is 0.128. The van der Waals surface area contributed by atoms with Gasteiger partial charge in [0.1, 0.15) is 0 Å². The van der Waals surface area contributed by atoms with E-state index in [1.165, 1.54) is 0 Å². The van der Waals surface area contributed by atoms with Crippen LogP contribution in [0.5, 0.6) is 0 Å². The van der Waals surface area contributed by atoms with Crippen LogP contribution in [0.4, 0.5) is 0 Å². The first-order valence-corrected chi connectivity index (χ1v) is 5.94. The molecule has 1 unspecified atom stereocenters. The summed E-state index contributed by atoms with van der Waals surface area (Å²) in [6, 6.07) is 0. The highest BCUT2D eigenvalue weighted by Gasteiger charge is 2.47. The second-order valence-electron chi connectivity index (χ2n) is 5.40. The minimum Gasteiger partial charge on any atom is -0.375 e. The van der Waals surface area contributed by atoms with Crippen molar-refractivity contribution in [1.82, 2.24) is 5.32 Å². The molecule has 2 heterocycles. The van der Waals surface area contributed by atoms with Crippen molar-refractivity contribution in [2.75, 3.05) is 6.61 Å². The molecular weight excluding hydrogens is 206 g/mol. The third-order valence-corrected chi connectivity index (χ3v) is 3.93. The molecule has 4 heteroatoms. The Balaban J connectivity index is 2.17. The third kappa shape index (κ3) is 2.12. The van der Waals surface area contributed by atoms with E-state index >= 15 is 0 Å². The van der Waals surface area contributed by atoms with Gasteiger partial charge in [-0.25, -0.2) is 0 Å². The first-order valence-electron chi connectivity index (χ1n) is 5.94. The van der Waals surface area contributed by atoms with Gasteiger partial charge in [0, 0.05) is 19.4 Å². The van der Waals surface area contributed by atoms with Crippen LogP contribution in [-0.2, 0) is 14.3 Å². The monoisotopic (exact) mass is 225 g/mol. The van der Waals surface area contributed by atoms with Gasteiger partial charge < -0.3 is 4.74 Å². The Morgan fingerprint density at radius 2 is 1.94 bits per heavy atom. The smallest absolute Gasteiger partial charge is 0.227 e. The van der Waals surface area contributed by atoms with E-state index in [1.54, 1.807) is 0 Å². The summed E-state index contributed by atoms with van der Waals surface area (Å²) >= 11 is 0. The summed E-state index contributed by atoms with van der Waals surface area (Å²) in [6.45, 7) is 4.82. The number of piperidine rings is 1. The van der Waals surface area contributed by atoms with Crippen molar-refractivity contribution in [3.05, 3.63) is 0 Å². The molecule has 1 spiro atoms. The van der Waals surface area contributed by atoms with Crippen LogP contribution in [0.3, 0.4) is 0 Å². The zero-order valence-corrected chi connectivity index (χ0v) is 9.97. The molecule has 0 bridgehead atoms. The van der Waals surface area contributed by atoms with E-state index < -0.39 is 0 Å². The molecule has 0 aromatic carbocycles. The Kier molecular flexibility index (Phi) is 2.78. The molecule has 0 aromatic heterocycles. The van der Waals surface area contributed by atoms with E-state index in [0.29, 0.717) is 19.4 Å². The van der Waals surface area contributed by atoms with Gasteiger partial charge in [-0.3, -0.25) is 14.9 Å². The molecule has 2 saturated heterocycles. The number of carbonyl (C=O) groups is 2. The van der Waals surface area contributed by atoms with Gasteiger partial charge in [0.25, 0.3) is 0 Å². The maximum atomic E-state index is 11.5. The number of imide groups is 1. The molecular formula is C12H19NO3. The molecule has 4 nitrogen and oxygen atoms in total. The fraction of sp³-hybridized carbons (Fsp3) is 0.833. The predicted octanol–water partition coefficient (Wildman–Crippen LogP) is 1.39. The van der Waals surface area contributed by atoms with Crippen LogP contribution in [-0.4, -0.2) is 24.0 Å². The fourth-order valence-electron chi connectivity index (χ4n) is 2.96. The summed E-state index contributed by atoms with van der Waals surface area (Å²) in [5.41, 5.74) is -0.321. The molecule has 0 saturated carbocycles. The van der Waals surface area contributed by atoms with Crippen molar-refractivity contribution in [1.29, 1.82) is 0 Å². The van der Waals surface area contributed by atoms with E-state index in [1.807, 2.05) is 0 Å². The van der Waals surface area contributed by atoms with Gasteiger partial charge in [0.15, 0.2) is 0 Å². The van der Waals surface area contributed by atoms with Crippen molar-refractivity contribution in [3.63, 3.8) is 0 Å². The molecule has 16 heavy (non-hydrogen) atoms. The summed E-state index contributed by atoms with van der Waals surface area (Å²) < 4.78 is 5.77. The summed E-state index contributed by atoms with van der Waals surface area (Å²) in [4.78, 5) is 22.9. The molecule has 2 amide bonds. The fourth-order valence-corrected chi connectivity index (χ4v) is 2.96. The average molecular weight is 225 g/mol. The minimum atomic E-state index is -0.170. The lowest BCUT2D eigenvalue weighted by atomic mass is 9.67. The average Bonchev–Trinajstić information content (AvgIpc) is 2.15. The summed E-state index contributed by atoms with van der Waals surface area (Å²) in [5.74, 6) is -0.256. The van der Waals surface area contributed by atoms with E-state index in [-0.39, 0.29) is 22.8 Å². The highest BCUT2D eigenvalue weighted by atomic mass is 16.5. The number of carbonyl (C=O) groups excluding carboxylic acids is 2. The zero-order valence-electron chi connectivity index (χ0n) is 9.97. The van der Waals surface area contributed by atoms with Gasteiger partial charge in [0.05, 0.1) is 5.60 Å². The molecule has 2 aliphatic rings. The van der Waals surface area contributed by atoms with E-state index in [4.69, 9.17) is 4.74 Å². The second-order valence-corrected chi connectivity index (χ2v) is 5.40. The van der Waals surface area contributed by atoms with Crippen LogP contribution >= 0.6 is 0 Å². The van der Waals surface area contributed by atoms with Gasteiger partial charge in [0.2, 0.25) is 11.8 Å². The van der Waals surface area contributed by atoms with Crippen LogP contribution < -0.4 is 5.32 Å². The molecule has 0 radical (unpaired) electrons. The third-order valence-electron chi connectivity index (χ3n) is 3.93. The van der Waals surface area contributed by atoms with Crippen molar-refractivity contribution < 1.29 is 14.3 Å². The van der Waals surface area contributed by atoms with Crippen molar-refractivity contribution in [3.8, 4) is 0 Å². The van der Waals surface area contributed by atoms with Crippen molar-refractivity contribution >= 4 is 11.8 Å². The molecule has 1 N–H and O–H groups in total. The van der Waals surface area contributed by atoms with Gasteiger partial charge in [-0.15, -0.1) is 0 Å². The molecule has 2 fully saturated rings. The number of amides is 2. The lowest BCUT2D eigenvalue weighted by Gasteiger charge is -2.47. The number of hydrogen-bond donors (Lipinski definition) is 1. The Labute approximate surface area is 95.7 Å². The Morgan fingerprint density at radius 3 is 2.50 bits per heavy atom. The van der Waals surface area contributed by atoms with Crippen LogP contribution in [0.1, 0.15) is 46.0 Å². The Hall–Kier alpha value is -0.900. The normalized spacial score (nSPS) is 33.9. The largest absolute Gasteiger partial charge is 0.375 e. The van der Waals surface area contributed by atoms with Gasteiger partial charge >= 0.3 is 0 Å². The maximum Gasteiger partial charge on any atom is 0.227 e. The molecule has 2 rings (SSSR count). The molecule has 90 valence electrons. The summed E-state index contributed by atoms with van der Waals surface area (Å²) in [5, 5.41) is 2.38. The number of nitrogens with one attached hydrogen (secondary N) is 1. The number of rotatable bonds is 1. The first-order chi connectivity index (χ1) is 7.47. The van der Waals surface area contributed by atoms with E-state index in [0.717, 1.165) is 19.3 Å². The lowest BCUT2D eigenvalue weighted by Crippen LogP contribution is -2.51. The molecule has 0 aromatic rings. The van der Waals surface area contributed by atoms with Crippen LogP contribution in [0.2, 0.25) is 0 Å². The summed E-state index contributed by atoms with van der Waals surface area (Å²) in [6.07, 6.45) is 3.50. The lowest BCUT2D eigenvalue weighted by molar-refractivity contribution is -0.153. The molecule has 2 aliphatic heterocycles. The van der Waals surface area contributed by atoms with Crippen LogP contribution in [0.25, 0.3) is 0 Å². The molecule has 0 aliphatic carbocycles. The van der Waals surface area contributed by atoms with Crippen LogP contribution in [0, 0.1) is 5.41 Å². The highest BCUT2D eigenvalue weighted by molar-refractivity contribution is 5.98. The first kappa shape index (κ1) is 11.6. The second kappa shape index (κ2) is 3.84. The standard InChI is InChI=1S/C12H19NO3/c1-3-11(2)8-12(4-5-16-11)6-9(14)13-10(15)7-12/h3-8H2,1-2H3,(H,13,14,15). The van der Waals surface area contributed by atoms with Crippen molar-refractivity contribution in [2.24, 2.45) is 5.41 Å². The van der Waals surface area contributed by atoms with Gasteiger partial charge in [-0.2, -0.15) is 0 Å². The predicted molar refractivity (Wildman–Crippen MR) is 58.7 cm³/mol. The van der Waals surface area contributed by atoms with Gasteiger partial charge in [-0.05, 0) is 31.6 Å². The highest BCUT2D eigenvalue weighted by Crippen LogP contribution is 2.46. The van der Waals surface area contributed by atoms with E-state index in [2.05, 4.69) is 19.2 Å². The Morgan fingerprint density at radius 1 is 1.31 bits per heavy atom. The molecule has 1 atom stereocenters. The zero-order chi connectivity index (χ0) is 11.8. The number of ether oxygens (including phenoxy) is 1. The number of hydrogen-bond acceptors (Lipinski definition) is 3. The maximum absolute atomic E-state index is 11.5. The summed E-state index contributed by atoms with van der Waals surface area (Å²) in [7, 11) is 0. The topological polar surface area (TPSA) is 55.4 Å². The Bertz CT molecular complexity index is 310. The van der Waals surface area contributed by atoms with E-state index in [9.17, 15) is 9.59 Å². The van der Waals surface area contributed by atoms with Gasteiger partial charge in [-0.1, -0.05) is 6.92 Å².